The number of rotatable bonds is 5. The van der Waals surface area contributed by atoms with Gasteiger partial charge in [-0.05, 0) is 12.3 Å². The summed E-state index contributed by atoms with van der Waals surface area (Å²) in [5.41, 5.74) is 0. The Balaban J connectivity index is 3.29. The molecule has 0 radical (unpaired) electrons. The van der Waals surface area contributed by atoms with Gasteiger partial charge in [0.05, 0.1) is 0 Å². The van der Waals surface area contributed by atoms with Gasteiger partial charge >= 0.3 is 0 Å². The lowest BCUT2D eigenvalue weighted by Crippen LogP contribution is -2.23. The average Bonchev–Trinajstić information content (AvgIpc) is 1.97. The van der Waals surface area contributed by atoms with Crippen molar-refractivity contribution in [3.8, 4) is 0 Å². The normalized spacial score (nSPS) is 9.73. The fourth-order valence-corrected chi connectivity index (χ4v) is 0.694. The molecule has 0 aliphatic carbocycles. The Morgan fingerprint density at radius 3 is 2.73 bits per heavy atom. The van der Waals surface area contributed by atoms with Crippen LogP contribution >= 0.6 is 0 Å². The Morgan fingerprint density at radius 1 is 1.64 bits per heavy atom. The second-order valence-electron chi connectivity index (χ2n) is 3.03. The third kappa shape index (κ3) is 7.10. The van der Waals surface area contributed by atoms with E-state index in [1.165, 1.54) is 0 Å². The SMILES string of the molecule is C=CCNC(=O)CCC(C)C. The largest absolute Gasteiger partial charge is 0.353 e. The van der Waals surface area contributed by atoms with Crippen molar-refractivity contribution in [1.82, 2.24) is 5.32 Å². The van der Waals surface area contributed by atoms with Gasteiger partial charge in [-0.3, -0.25) is 4.79 Å². The monoisotopic (exact) mass is 155 g/mol. The molecule has 1 amide bonds. The summed E-state index contributed by atoms with van der Waals surface area (Å²) in [5, 5.41) is 2.73. The predicted molar refractivity (Wildman–Crippen MR) is 47.3 cm³/mol. The van der Waals surface area contributed by atoms with Crippen molar-refractivity contribution < 1.29 is 4.79 Å². The molecule has 64 valence electrons. The molecule has 0 spiro atoms. The fraction of sp³-hybridized carbons (Fsp3) is 0.667. The van der Waals surface area contributed by atoms with E-state index in [9.17, 15) is 4.79 Å². The topological polar surface area (TPSA) is 29.1 Å². The van der Waals surface area contributed by atoms with Crippen LogP contribution in [0.3, 0.4) is 0 Å². The zero-order chi connectivity index (χ0) is 8.69. The third-order valence-electron chi connectivity index (χ3n) is 1.39. The van der Waals surface area contributed by atoms with Crippen LogP contribution in [0.4, 0.5) is 0 Å². The first-order valence-corrected chi connectivity index (χ1v) is 4.04. The Bertz CT molecular complexity index is 130. The molecule has 0 aliphatic rings. The highest BCUT2D eigenvalue weighted by atomic mass is 16.1. The van der Waals surface area contributed by atoms with Gasteiger partial charge in [-0.1, -0.05) is 19.9 Å². The van der Waals surface area contributed by atoms with Crippen molar-refractivity contribution in [2.75, 3.05) is 6.54 Å². The van der Waals surface area contributed by atoms with E-state index in [4.69, 9.17) is 0 Å². The van der Waals surface area contributed by atoms with Crippen LogP contribution in [-0.2, 0) is 4.79 Å². The Morgan fingerprint density at radius 2 is 2.27 bits per heavy atom. The quantitative estimate of drug-likeness (QED) is 0.602. The van der Waals surface area contributed by atoms with E-state index in [0.717, 1.165) is 6.42 Å². The van der Waals surface area contributed by atoms with Crippen LogP contribution in [0.5, 0.6) is 0 Å². The highest BCUT2D eigenvalue weighted by Crippen LogP contribution is 2.02. The van der Waals surface area contributed by atoms with Gasteiger partial charge in [-0.25, -0.2) is 0 Å². The standard InChI is InChI=1S/C9H17NO/c1-4-7-10-9(11)6-5-8(2)3/h4,8H,1,5-7H2,2-3H3,(H,10,11). The number of hydrogen-bond donors (Lipinski definition) is 1. The summed E-state index contributed by atoms with van der Waals surface area (Å²) in [7, 11) is 0. The van der Waals surface area contributed by atoms with E-state index in [2.05, 4.69) is 25.7 Å². The van der Waals surface area contributed by atoms with Gasteiger partial charge < -0.3 is 5.32 Å². The summed E-state index contributed by atoms with van der Waals surface area (Å²) in [6, 6.07) is 0. The molecule has 0 atom stereocenters. The molecule has 0 aromatic heterocycles. The Labute approximate surface area is 68.7 Å². The zero-order valence-electron chi connectivity index (χ0n) is 7.39. The van der Waals surface area contributed by atoms with E-state index >= 15 is 0 Å². The van der Waals surface area contributed by atoms with Crippen molar-refractivity contribution in [1.29, 1.82) is 0 Å². The lowest BCUT2D eigenvalue weighted by molar-refractivity contribution is -0.121. The number of carbonyl (C=O) groups excluding carboxylic acids is 1. The average molecular weight is 155 g/mol. The number of amides is 1. The van der Waals surface area contributed by atoms with Crippen LogP contribution in [-0.4, -0.2) is 12.5 Å². The fourth-order valence-electron chi connectivity index (χ4n) is 0.694. The molecule has 0 aromatic carbocycles. The summed E-state index contributed by atoms with van der Waals surface area (Å²) >= 11 is 0. The zero-order valence-corrected chi connectivity index (χ0v) is 7.39. The molecule has 0 aromatic rings. The predicted octanol–water partition coefficient (Wildman–Crippen LogP) is 1.72. The molecule has 0 aliphatic heterocycles. The summed E-state index contributed by atoms with van der Waals surface area (Å²) in [6.07, 6.45) is 3.28. The van der Waals surface area contributed by atoms with Crippen molar-refractivity contribution in [2.45, 2.75) is 26.7 Å². The van der Waals surface area contributed by atoms with Crippen LogP contribution < -0.4 is 5.32 Å². The number of carbonyl (C=O) groups is 1. The minimum absolute atomic E-state index is 0.124. The highest BCUT2D eigenvalue weighted by Gasteiger charge is 2.00. The van der Waals surface area contributed by atoms with Crippen LogP contribution in [0.2, 0.25) is 0 Å². The molecule has 0 saturated carbocycles. The van der Waals surface area contributed by atoms with Crippen LogP contribution in [0.15, 0.2) is 12.7 Å². The van der Waals surface area contributed by atoms with E-state index in [1.54, 1.807) is 6.08 Å². The van der Waals surface area contributed by atoms with E-state index in [-0.39, 0.29) is 5.91 Å². The van der Waals surface area contributed by atoms with Gasteiger partial charge in [0.2, 0.25) is 5.91 Å². The molecular weight excluding hydrogens is 138 g/mol. The summed E-state index contributed by atoms with van der Waals surface area (Å²) in [4.78, 5) is 10.9. The molecule has 0 rings (SSSR count). The first-order chi connectivity index (χ1) is 5.16. The molecule has 0 heterocycles. The number of hydrogen-bond acceptors (Lipinski definition) is 1. The minimum atomic E-state index is 0.124. The Kier molecular flexibility index (Phi) is 5.53. The smallest absolute Gasteiger partial charge is 0.220 e. The van der Waals surface area contributed by atoms with Gasteiger partial charge in [0.25, 0.3) is 0 Å². The maximum atomic E-state index is 10.9. The summed E-state index contributed by atoms with van der Waals surface area (Å²) < 4.78 is 0. The van der Waals surface area contributed by atoms with E-state index < -0.39 is 0 Å². The first-order valence-electron chi connectivity index (χ1n) is 4.04. The van der Waals surface area contributed by atoms with Gasteiger partial charge in [0.1, 0.15) is 0 Å². The second-order valence-corrected chi connectivity index (χ2v) is 3.03. The van der Waals surface area contributed by atoms with E-state index in [0.29, 0.717) is 18.9 Å². The van der Waals surface area contributed by atoms with Crippen LogP contribution in [0.25, 0.3) is 0 Å². The molecule has 0 fully saturated rings. The summed E-state index contributed by atoms with van der Waals surface area (Å²) in [6.45, 7) is 8.32. The Hall–Kier alpha value is -0.790. The van der Waals surface area contributed by atoms with Crippen LogP contribution in [0, 0.1) is 5.92 Å². The van der Waals surface area contributed by atoms with E-state index in [1.807, 2.05) is 0 Å². The maximum Gasteiger partial charge on any atom is 0.220 e. The third-order valence-corrected chi connectivity index (χ3v) is 1.39. The van der Waals surface area contributed by atoms with Crippen molar-refractivity contribution in [3.05, 3.63) is 12.7 Å². The lowest BCUT2D eigenvalue weighted by atomic mass is 10.1. The molecule has 1 N–H and O–H groups in total. The van der Waals surface area contributed by atoms with Gasteiger partial charge in [0, 0.05) is 13.0 Å². The molecule has 2 heteroatoms. The molecule has 2 nitrogen and oxygen atoms in total. The highest BCUT2D eigenvalue weighted by molar-refractivity contribution is 5.75. The lowest BCUT2D eigenvalue weighted by Gasteiger charge is -2.03. The van der Waals surface area contributed by atoms with Gasteiger partial charge in [-0.15, -0.1) is 6.58 Å². The molecule has 11 heavy (non-hydrogen) atoms. The van der Waals surface area contributed by atoms with Gasteiger partial charge in [0.15, 0.2) is 0 Å². The first kappa shape index (κ1) is 10.2. The van der Waals surface area contributed by atoms with Crippen molar-refractivity contribution in [2.24, 2.45) is 5.92 Å². The van der Waals surface area contributed by atoms with Gasteiger partial charge in [-0.2, -0.15) is 0 Å². The second kappa shape index (κ2) is 5.96. The van der Waals surface area contributed by atoms with Crippen LogP contribution in [0.1, 0.15) is 26.7 Å². The molecule has 0 saturated heterocycles. The molecule has 0 unspecified atom stereocenters. The maximum absolute atomic E-state index is 10.9. The minimum Gasteiger partial charge on any atom is -0.353 e. The molecule has 0 bridgehead atoms. The summed E-state index contributed by atoms with van der Waals surface area (Å²) in [5.74, 6) is 0.725. The molecular formula is C9H17NO. The van der Waals surface area contributed by atoms with Crippen molar-refractivity contribution in [3.63, 3.8) is 0 Å². The van der Waals surface area contributed by atoms with Crippen molar-refractivity contribution >= 4 is 5.91 Å². The number of nitrogens with one attached hydrogen (secondary N) is 1.